The lowest BCUT2D eigenvalue weighted by Gasteiger charge is -2.06. The van der Waals surface area contributed by atoms with Gasteiger partial charge in [-0.05, 0) is 36.4 Å². The van der Waals surface area contributed by atoms with Crippen molar-refractivity contribution in [2.24, 2.45) is 0 Å². The van der Waals surface area contributed by atoms with Gasteiger partial charge in [0.05, 0.1) is 11.8 Å². The molecule has 128 valence electrons. The minimum Gasteiger partial charge on any atom is -0.489 e. The summed E-state index contributed by atoms with van der Waals surface area (Å²) in [6, 6.07) is 12.4. The third kappa shape index (κ3) is 3.56. The zero-order chi connectivity index (χ0) is 17.8. The second-order valence-corrected chi connectivity index (χ2v) is 5.49. The molecule has 0 saturated heterocycles. The summed E-state index contributed by atoms with van der Waals surface area (Å²) in [5.74, 6) is 0.875. The van der Waals surface area contributed by atoms with E-state index in [0.717, 1.165) is 23.1 Å². The number of aromatic nitrogens is 4. The lowest BCUT2D eigenvalue weighted by atomic mass is 10.2. The first kappa shape index (κ1) is 15.9. The molecular formula is C19H13FN4O2. The third-order valence-corrected chi connectivity index (χ3v) is 3.62. The highest BCUT2D eigenvalue weighted by molar-refractivity contribution is 5.59. The maximum absolute atomic E-state index is 13.3. The van der Waals surface area contributed by atoms with E-state index in [1.807, 2.05) is 36.4 Å². The fraction of sp³-hybridized carbons (Fsp3) is 0.0526. The second-order valence-electron chi connectivity index (χ2n) is 5.49. The Morgan fingerprint density at radius 2 is 1.85 bits per heavy atom. The highest BCUT2D eigenvalue weighted by Gasteiger charge is 2.11. The molecule has 4 rings (SSSR count). The zero-order valence-corrected chi connectivity index (χ0v) is 13.5. The Labute approximate surface area is 148 Å². The largest absolute Gasteiger partial charge is 0.489 e. The molecule has 26 heavy (non-hydrogen) atoms. The Morgan fingerprint density at radius 1 is 0.962 bits per heavy atom. The Bertz CT molecular complexity index is 1000. The fourth-order valence-corrected chi connectivity index (χ4v) is 2.34. The number of hydrogen-bond acceptors (Lipinski definition) is 6. The van der Waals surface area contributed by atoms with Crippen molar-refractivity contribution < 1.29 is 13.7 Å². The van der Waals surface area contributed by atoms with Crippen molar-refractivity contribution in [1.29, 1.82) is 0 Å². The van der Waals surface area contributed by atoms with Crippen LogP contribution in [0.3, 0.4) is 0 Å². The minimum atomic E-state index is -0.461. The van der Waals surface area contributed by atoms with Gasteiger partial charge in [-0.3, -0.25) is 9.97 Å². The van der Waals surface area contributed by atoms with Crippen LogP contribution in [0.15, 0.2) is 71.8 Å². The lowest BCUT2D eigenvalue weighted by molar-refractivity contribution is 0.306. The first-order chi connectivity index (χ1) is 12.8. The monoisotopic (exact) mass is 348 g/mol. The van der Waals surface area contributed by atoms with Crippen molar-refractivity contribution in [1.82, 2.24) is 20.1 Å². The number of hydrogen-bond donors (Lipinski definition) is 0. The Morgan fingerprint density at radius 3 is 2.62 bits per heavy atom. The van der Waals surface area contributed by atoms with Crippen LogP contribution < -0.4 is 4.74 Å². The van der Waals surface area contributed by atoms with Crippen LogP contribution in [0.5, 0.6) is 5.75 Å². The molecule has 0 aliphatic rings. The number of halogens is 1. The van der Waals surface area contributed by atoms with Crippen LogP contribution >= 0.6 is 0 Å². The second kappa shape index (κ2) is 7.10. The van der Waals surface area contributed by atoms with Crippen LogP contribution in [0.25, 0.3) is 22.8 Å². The Hall–Kier alpha value is -3.61. The number of rotatable bonds is 5. The summed E-state index contributed by atoms with van der Waals surface area (Å²) >= 11 is 0. The van der Waals surface area contributed by atoms with Crippen LogP contribution in [0.1, 0.15) is 5.56 Å². The van der Waals surface area contributed by atoms with Gasteiger partial charge in [-0.25, -0.2) is 4.39 Å². The molecule has 0 radical (unpaired) electrons. The average Bonchev–Trinajstić information content (AvgIpc) is 3.18. The molecule has 4 aromatic rings. The molecule has 3 heterocycles. The zero-order valence-electron chi connectivity index (χ0n) is 13.5. The molecule has 1 aromatic carbocycles. The molecule has 0 saturated carbocycles. The number of pyridine rings is 2. The van der Waals surface area contributed by atoms with Crippen molar-refractivity contribution in [3.63, 3.8) is 0 Å². The first-order valence-corrected chi connectivity index (χ1v) is 7.85. The molecule has 3 aromatic heterocycles. The van der Waals surface area contributed by atoms with Crippen molar-refractivity contribution in [2.75, 3.05) is 0 Å². The van der Waals surface area contributed by atoms with E-state index in [4.69, 9.17) is 9.26 Å². The molecule has 0 atom stereocenters. The van der Waals surface area contributed by atoms with Crippen LogP contribution in [-0.2, 0) is 6.61 Å². The molecule has 0 bridgehead atoms. The Balaban J connectivity index is 1.47. The maximum Gasteiger partial charge on any atom is 0.259 e. The van der Waals surface area contributed by atoms with Crippen molar-refractivity contribution in [3.05, 3.63) is 78.6 Å². The molecule has 0 spiro atoms. The smallest absolute Gasteiger partial charge is 0.259 e. The highest BCUT2D eigenvalue weighted by atomic mass is 19.1. The van der Waals surface area contributed by atoms with Crippen LogP contribution in [0.4, 0.5) is 4.39 Å². The molecule has 0 aliphatic heterocycles. The molecular weight excluding hydrogens is 335 g/mol. The van der Waals surface area contributed by atoms with E-state index in [1.165, 1.54) is 12.3 Å². The molecule has 7 heteroatoms. The van der Waals surface area contributed by atoms with E-state index < -0.39 is 5.82 Å². The van der Waals surface area contributed by atoms with Crippen LogP contribution in [0, 0.1) is 5.82 Å². The van der Waals surface area contributed by atoms with Crippen molar-refractivity contribution >= 4 is 0 Å². The van der Waals surface area contributed by atoms with Gasteiger partial charge >= 0.3 is 0 Å². The van der Waals surface area contributed by atoms with Crippen molar-refractivity contribution in [3.8, 4) is 28.6 Å². The van der Waals surface area contributed by atoms with Gasteiger partial charge in [-0.1, -0.05) is 11.2 Å². The molecule has 0 aliphatic carbocycles. The molecule has 0 fully saturated rings. The van der Waals surface area contributed by atoms with Gasteiger partial charge in [0.2, 0.25) is 5.82 Å². The summed E-state index contributed by atoms with van der Waals surface area (Å²) in [7, 11) is 0. The van der Waals surface area contributed by atoms with Gasteiger partial charge in [0.25, 0.3) is 5.89 Å². The van der Waals surface area contributed by atoms with Gasteiger partial charge in [-0.2, -0.15) is 4.98 Å². The minimum absolute atomic E-state index is 0.212. The third-order valence-electron chi connectivity index (χ3n) is 3.62. The quantitative estimate of drug-likeness (QED) is 0.544. The van der Waals surface area contributed by atoms with Gasteiger partial charge in [0.15, 0.2) is 0 Å². The SMILES string of the molecule is Fc1cncc(-c2nc(-c3ccc(OCc4cccnc4)cc3)no2)c1. The average molecular weight is 348 g/mol. The van der Waals surface area contributed by atoms with Gasteiger partial charge in [0.1, 0.15) is 18.2 Å². The predicted octanol–water partition coefficient (Wildman–Crippen LogP) is 3.91. The number of ether oxygens (including phenoxy) is 1. The van der Waals surface area contributed by atoms with E-state index in [2.05, 4.69) is 20.1 Å². The summed E-state index contributed by atoms with van der Waals surface area (Å²) < 4.78 is 24.2. The molecule has 0 N–H and O–H groups in total. The lowest BCUT2D eigenvalue weighted by Crippen LogP contribution is -1.95. The van der Waals surface area contributed by atoms with Crippen LogP contribution in [0.2, 0.25) is 0 Å². The van der Waals surface area contributed by atoms with Gasteiger partial charge < -0.3 is 9.26 Å². The van der Waals surface area contributed by atoms with E-state index >= 15 is 0 Å². The summed E-state index contributed by atoms with van der Waals surface area (Å²) in [6.07, 6.45) is 6.06. The molecule has 0 unspecified atom stereocenters. The summed E-state index contributed by atoms with van der Waals surface area (Å²) in [6.45, 7) is 0.437. The topological polar surface area (TPSA) is 73.9 Å². The predicted molar refractivity (Wildman–Crippen MR) is 91.5 cm³/mol. The normalized spacial score (nSPS) is 10.7. The number of nitrogens with zero attached hydrogens (tertiary/aromatic N) is 4. The van der Waals surface area contributed by atoms with E-state index in [-0.39, 0.29) is 5.89 Å². The maximum atomic E-state index is 13.3. The molecule has 0 amide bonds. The summed E-state index contributed by atoms with van der Waals surface area (Å²) in [5.41, 5.74) is 2.18. The van der Waals surface area contributed by atoms with Gasteiger partial charge in [-0.15, -0.1) is 0 Å². The van der Waals surface area contributed by atoms with Gasteiger partial charge in [0, 0.05) is 29.7 Å². The van der Waals surface area contributed by atoms with E-state index in [0.29, 0.717) is 18.0 Å². The fourth-order valence-electron chi connectivity index (χ4n) is 2.34. The van der Waals surface area contributed by atoms with Crippen molar-refractivity contribution in [2.45, 2.75) is 6.61 Å². The first-order valence-electron chi connectivity index (χ1n) is 7.85. The van der Waals surface area contributed by atoms with E-state index in [1.54, 1.807) is 12.4 Å². The standard InChI is InChI=1S/C19H13FN4O2/c20-16-8-15(10-22-11-16)19-23-18(24-26-19)14-3-5-17(6-4-14)25-12-13-2-1-7-21-9-13/h1-11H,12H2. The summed E-state index contributed by atoms with van der Waals surface area (Å²) in [5, 5.41) is 3.93. The highest BCUT2D eigenvalue weighted by Crippen LogP contribution is 2.24. The Kier molecular flexibility index (Phi) is 4.34. The molecule has 6 nitrogen and oxygen atoms in total. The van der Waals surface area contributed by atoms with E-state index in [9.17, 15) is 4.39 Å². The van der Waals surface area contributed by atoms with Crippen LogP contribution in [-0.4, -0.2) is 20.1 Å². The summed E-state index contributed by atoms with van der Waals surface area (Å²) in [4.78, 5) is 12.1. The number of benzene rings is 1.